The van der Waals surface area contributed by atoms with Crippen molar-refractivity contribution in [1.29, 1.82) is 0 Å². The van der Waals surface area contributed by atoms with E-state index in [0.29, 0.717) is 0 Å². The normalized spacial score (nSPS) is 11.5. The van der Waals surface area contributed by atoms with Crippen LogP contribution in [0.3, 0.4) is 0 Å². The highest BCUT2D eigenvalue weighted by Crippen LogP contribution is 2.46. The van der Waals surface area contributed by atoms with E-state index in [1.165, 1.54) is 87.6 Å². The molecule has 0 heteroatoms. The van der Waals surface area contributed by atoms with Gasteiger partial charge in [-0.3, -0.25) is 0 Å². The molecule has 0 aliphatic heterocycles. The second kappa shape index (κ2) is 10.9. The summed E-state index contributed by atoms with van der Waals surface area (Å²) in [4.78, 5) is 0. The van der Waals surface area contributed by atoms with Crippen molar-refractivity contribution in [3.05, 3.63) is 182 Å². The van der Waals surface area contributed by atoms with Crippen molar-refractivity contribution in [1.82, 2.24) is 0 Å². The summed E-state index contributed by atoms with van der Waals surface area (Å²) in [6.45, 7) is 0. The zero-order valence-corrected chi connectivity index (χ0v) is 25.3. The van der Waals surface area contributed by atoms with Gasteiger partial charge in [-0.15, -0.1) is 0 Å². The Morgan fingerprint density at radius 2 is 0.674 bits per heavy atom. The first-order valence-corrected chi connectivity index (χ1v) is 15.9. The third kappa shape index (κ3) is 4.23. The minimum Gasteiger partial charge on any atom is -0.0622 e. The fourth-order valence-electron chi connectivity index (χ4n) is 7.41. The summed E-state index contributed by atoms with van der Waals surface area (Å²) in [6.07, 6.45) is 0. The van der Waals surface area contributed by atoms with Crippen LogP contribution >= 0.6 is 0 Å². The molecule has 0 aromatic heterocycles. The van der Waals surface area contributed by atoms with Gasteiger partial charge in [0, 0.05) is 0 Å². The van der Waals surface area contributed by atoms with Crippen LogP contribution in [-0.4, -0.2) is 0 Å². The molecule has 0 unspecified atom stereocenters. The summed E-state index contributed by atoms with van der Waals surface area (Å²) in [6, 6.07) is 66.4. The molecule has 0 nitrogen and oxygen atoms in total. The van der Waals surface area contributed by atoms with Gasteiger partial charge in [0.05, 0.1) is 0 Å². The number of hydrogen-bond acceptors (Lipinski definition) is 0. The largest absolute Gasteiger partial charge is 0.0622 e. The maximum atomic E-state index is 2.31. The third-order valence-electron chi connectivity index (χ3n) is 9.48. The van der Waals surface area contributed by atoms with Crippen LogP contribution in [0.1, 0.15) is 0 Å². The van der Waals surface area contributed by atoms with Gasteiger partial charge in [-0.2, -0.15) is 0 Å². The fourth-order valence-corrected chi connectivity index (χ4v) is 7.41. The smallest absolute Gasteiger partial charge is 0.00201 e. The van der Waals surface area contributed by atoms with Crippen LogP contribution in [0, 0.1) is 0 Å². The lowest BCUT2D eigenvalue weighted by Crippen LogP contribution is -1.92. The Hall–Kier alpha value is -5.98. The van der Waals surface area contributed by atoms with E-state index in [1.807, 2.05) is 0 Å². The van der Waals surface area contributed by atoms with E-state index < -0.39 is 0 Å². The summed E-state index contributed by atoms with van der Waals surface area (Å²) in [5, 5.41) is 10.2. The highest BCUT2D eigenvalue weighted by Gasteiger charge is 2.19. The van der Waals surface area contributed by atoms with Crippen molar-refractivity contribution in [3.8, 4) is 44.5 Å². The molecule has 0 aliphatic carbocycles. The van der Waals surface area contributed by atoms with Crippen LogP contribution in [0.15, 0.2) is 182 Å². The molecule has 0 amide bonds. The zero-order chi connectivity index (χ0) is 30.5. The SMILES string of the molecule is c1ccc(-c2ccccc2-c2c3ccccc3c(-c3ccc(-c4cccc5c4ccc4ccccc45)cc3)c3ccccc23)cc1. The maximum Gasteiger partial charge on any atom is -0.00201 e. The molecular weight excluding hydrogens is 553 g/mol. The lowest BCUT2D eigenvalue weighted by atomic mass is 9.83. The summed E-state index contributed by atoms with van der Waals surface area (Å²) in [7, 11) is 0. The van der Waals surface area contributed by atoms with Crippen LogP contribution in [0.5, 0.6) is 0 Å². The molecule has 46 heavy (non-hydrogen) atoms. The minimum absolute atomic E-state index is 1.23. The van der Waals surface area contributed by atoms with Gasteiger partial charge in [-0.25, -0.2) is 0 Å². The van der Waals surface area contributed by atoms with Gasteiger partial charge in [0.15, 0.2) is 0 Å². The van der Waals surface area contributed by atoms with Crippen LogP contribution < -0.4 is 0 Å². The Balaban J connectivity index is 1.25. The number of benzene rings is 9. The van der Waals surface area contributed by atoms with Gasteiger partial charge in [0.2, 0.25) is 0 Å². The van der Waals surface area contributed by atoms with Crippen LogP contribution in [0.4, 0.5) is 0 Å². The quantitative estimate of drug-likeness (QED) is 0.143. The first kappa shape index (κ1) is 26.4. The Kier molecular flexibility index (Phi) is 6.25. The zero-order valence-electron chi connectivity index (χ0n) is 25.3. The Morgan fingerprint density at radius 3 is 1.37 bits per heavy atom. The molecule has 0 bridgehead atoms. The highest BCUT2D eigenvalue weighted by atomic mass is 14.2. The van der Waals surface area contributed by atoms with Crippen molar-refractivity contribution >= 4 is 43.1 Å². The van der Waals surface area contributed by atoms with Crippen molar-refractivity contribution in [2.24, 2.45) is 0 Å². The lowest BCUT2D eigenvalue weighted by molar-refractivity contribution is 1.60. The first-order valence-electron chi connectivity index (χ1n) is 15.9. The molecule has 0 saturated heterocycles. The maximum absolute atomic E-state index is 2.31. The van der Waals surface area contributed by atoms with Crippen molar-refractivity contribution in [3.63, 3.8) is 0 Å². The van der Waals surface area contributed by atoms with Crippen LogP contribution in [0.2, 0.25) is 0 Å². The van der Waals surface area contributed by atoms with Crippen LogP contribution in [-0.2, 0) is 0 Å². The van der Waals surface area contributed by atoms with Gasteiger partial charge >= 0.3 is 0 Å². The Labute approximate surface area is 268 Å². The number of hydrogen-bond donors (Lipinski definition) is 0. The van der Waals surface area contributed by atoms with Gasteiger partial charge < -0.3 is 0 Å². The molecule has 9 aromatic carbocycles. The van der Waals surface area contributed by atoms with Crippen molar-refractivity contribution in [2.75, 3.05) is 0 Å². The van der Waals surface area contributed by atoms with Crippen molar-refractivity contribution in [2.45, 2.75) is 0 Å². The fraction of sp³-hybridized carbons (Fsp3) is 0. The van der Waals surface area contributed by atoms with Gasteiger partial charge in [-0.1, -0.05) is 182 Å². The summed E-state index contributed by atoms with van der Waals surface area (Å²) < 4.78 is 0. The minimum atomic E-state index is 1.23. The molecule has 0 N–H and O–H groups in total. The molecule has 0 spiro atoms. The third-order valence-corrected chi connectivity index (χ3v) is 9.48. The standard InChI is InChI=1S/C46H30/c1-2-13-31(14-3-1)37-17-6-7-18-40(37)46-43-21-10-8-19-41(43)45(42-20-9-11-22-44(42)46)34-27-25-33(26-28-34)36-23-12-24-38-35-16-5-4-15-32(35)29-30-39(36)38/h1-30H. The number of fused-ring (bicyclic) bond motifs is 5. The first-order chi connectivity index (χ1) is 22.8. The molecule has 0 atom stereocenters. The van der Waals surface area contributed by atoms with E-state index >= 15 is 0 Å². The molecule has 0 aliphatic rings. The average Bonchev–Trinajstić information content (AvgIpc) is 3.14. The molecule has 9 aromatic rings. The summed E-state index contributed by atoms with van der Waals surface area (Å²) in [5.74, 6) is 0. The van der Waals surface area contributed by atoms with E-state index in [4.69, 9.17) is 0 Å². The lowest BCUT2D eigenvalue weighted by Gasteiger charge is -2.20. The van der Waals surface area contributed by atoms with Crippen LogP contribution in [0.25, 0.3) is 87.6 Å². The predicted octanol–water partition coefficient (Wildman–Crippen LogP) is 13.0. The summed E-state index contributed by atoms with van der Waals surface area (Å²) >= 11 is 0. The molecule has 0 radical (unpaired) electrons. The van der Waals surface area contributed by atoms with E-state index in [0.717, 1.165) is 0 Å². The van der Waals surface area contributed by atoms with Gasteiger partial charge in [-0.05, 0) is 87.6 Å². The topological polar surface area (TPSA) is 0 Å². The average molecular weight is 583 g/mol. The molecular formula is C46H30. The van der Waals surface area contributed by atoms with E-state index in [9.17, 15) is 0 Å². The Morgan fingerprint density at radius 1 is 0.196 bits per heavy atom. The molecule has 214 valence electrons. The van der Waals surface area contributed by atoms with E-state index in [-0.39, 0.29) is 0 Å². The second-order valence-electron chi connectivity index (χ2n) is 12.0. The monoisotopic (exact) mass is 582 g/mol. The molecule has 0 fully saturated rings. The molecule has 9 rings (SSSR count). The molecule has 0 saturated carbocycles. The van der Waals surface area contributed by atoms with Gasteiger partial charge in [0.1, 0.15) is 0 Å². The summed E-state index contributed by atoms with van der Waals surface area (Å²) in [5.41, 5.74) is 10.0. The van der Waals surface area contributed by atoms with Gasteiger partial charge in [0.25, 0.3) is 0 Å². The predicted molar refractivity (Wildman–Crippen MR) is 198 cm³/mol. The second-order valence-corrected chi connectivity index (χ2v) is 12.0. The molecule has 0 heterocycles. The van der Waals surface area contributed by atoms with Crippen molar-refractivity contribution < 1.29 is 0 Å². The van der Waals surface area contributed by atoms with E-state index in [1.54, 1.807) is 0 Å². The highest BCUT2D eigenvalue weighted by molar-refractivity contribution is 6.22. The Bertz CT molecular complexity index is 2500. The van der Waals surface area contributed by atoms with E-state index in [2.05, 4.69) is 182 Å². The number of rotatable bonds is 4.